The van der Waals surface area contributed by atoms with Crippen LogP contribution in [0.1, 0.15) is 26.3 Å². The summed E-state index contributed by atoms with van der Waals surface area (Å²) in [6.45, 7) is 1.87. The molecule has 0 spiro atoms. The highest BCUT2D eigenvalue weighted by Gasteiger charge is 2.16. The molecule has 0 aliphatic carbocycles. The van der Waals surface area contributed by atoms with Gasteiger partial charge in [-0.05, 0) is 48.2 Å². The van der Waals surface area contributed by atoms with Gasteiger partial charge in [0.05, 0.1) is 34.3 Å². The van der Waals surface area contributed by atoms with Crippen LogP contribution in [0.4, 0.5) is 5.69 Å². The summed E-state index contributed by atoms with van der Waals surface area (Å²) in [6, 6.07) is 18.4. The van der Waals surface area contributed by atoms with E-state index in [0.717, 1.165) is 27.0 Å². The Morgan fingerprint density at radius 1 is 1.03 bits per heavy atom. The SMILES string of the molecule is COC(=O)c1ccc(C)c(NC(=O)c2cc(-c3cccs3)nc3ccccc23)c1. The number of para-hydroxylation sites is 1. The predicted octanol–water partition coefficient (Wildman–Crippen LogP) is 5.31. The second-order valence-electron chi connectivity index (χ2n) is 6.52. The van der Waals surface area contributed by atoms with Gasteiger partial charge in [0.2, 0.25) is 0 Å². The highest BCUT2D eigenvalue weighted by molar-refractivity contribution is 7.13. The summed E-state index contributed by atoms with van der Waals surface area (Å²) in [5.74, 6) is -0.707. The number of carbonyl (C=O) groups is 2. The fourth-order valence-electron chi connectivity index (χ4n) is 3.10. The first-order chi connectivity index (χ1) is 14.1. The molecular weight excluding hydrogens is 384 g/mol. The second kappa shape index (κ2) is 7.85. The van der Waals surface area contributed by atoms with Gasteiger partial charge in [-0.25, -0.2) is 9.78 Å². The van der Waals surface area contributed by atoms with Gasteiger partial charge in [-0.1, -0.05) is 30.3 Å². The van der Waals surface area contributed by atoms with E-state index in [1.54, 1.807) is 29.5 Å². The summed E-state index contributed by atoms with van der Waals surface area (Å²) in [6.07, 6.45) is 0. The van der Waals surface area contributed by atoms with E-state index in [9.17, 15) is 9.59 Å². The van der Waals surface area contributed by atoms with Crippen molar-refractivity contribution in [3.8, 4) is 10.6 Å². The van der Waals surface area contributed by atoms with Gasteiger partial charge in [0.1, 0.15) is 0 Å². The normalized spacial score (nSPS) is 10.7. The van der Waals surface area contributed by atoms with Gasteiger partial charge < -0.3 is 10.1 Å². The van der Waals surface area contributed by atoms with E-state index in [2.05, 4.69) is 5.32 Å². The molecule has 144 valence electrons. The van der Waals surface area contributed by atoms with E-state index in [-0.39, 0.29) is 5.91 Å². The van der Waals surface area contributed by atoms with Gasteiger partial charge in [0.15, 0.2) is 0 Å². The number of anilines is 1. The van der Waals surface area contributed by atoms with Crippen molar-refractivity contribution in [2.45, 2.75) is 6.92 Å². The van der Waals surface area contributed by atoms with Crippen molar-refractivity contribution in [3.05, 3.63) is 82.7 Å². The summed E-state index contributed by atoms with van der Waals surface area (Å²) in [5, 5.41) is 5.69. The quantitative estimate of drug-likeness (QED) is 0.470. The number of aromatic nitrogens is 1. The van der Waals surface area contributed by atoms with Crippen LogP contribution >= 0.6 is 11.3 Å². The van der Waals surface area contributed by atoms with Gasteiger partial charge in [0.25, 0.3) is 5.91 Å². The molecule has 6 heteroatoms. The largest absolute Gasteiger partial charge is 0.465 e. The molecule has 4 aromatic rings. The Morgan fingerprint density at radius 3 is 2.62 bits per heavy atom. The maximum atomic E-state index is 13.2. The first kappa shape index (κ1) is 18.8. The lowest BCUT2D eigenvalue weighted by Crippen LogP contribution is -2.14. The number of rotatable bonds is 4. The zero-order valence-corrected chi connectivity index (χ0v) is 16.7. The van der Waals surface area contributed by atoms with E-state index in [1.807, 2.05) is 54.8 Å². The number of methoxy groups -OCH3 is 1. The Morgan fingerprint density at radius 2 is 1.86 bits per heavy atom. The Bertz CT molecular complexity index is 1220. The number of ether oxygens (including phenoxy) is 1. The molecule has 2 heterocycles. The molecule has 0 fully saturated rings. The summed E-state index contributed by atoms with van der Waals surface area (Å²) < 4.78 is 4.78. The standard InChI is InChI=1S/C23H18N2O3S/c1-14-9-10-15(23(27)28-2)12-19(14)25-22(26)17-13-20(21-8-5-11-29-21)24-18-7-4-3-6-16(17)18/h3-13H,1-2H3,(H,25,26). The average molecular weight is 402 g/mol. The van der Waals surface area contributed by atoms with Crippen molar-refractivity contribution in [3.63, 3.8) is 0 Å². The molecule has 0 aliphatic rings. The van der Waals surface area contributed by atoms with Crippen molar-refractivity contribution in [1.29, 1.82) is 0 Å². The number of thiophene rings is 1. The van der Waals surface area contributed by atoms with Crippen LogP contribution in [0.25, 0.3) is 21.5 Å². The maximum Gasteiger partial charge on any atom is 0.337 e. The van der Waals surface area contributed by atoms with Gasteiger partial charge >= 0.3 is 5.97 Å². The molecule has 0 saturated carbocycles. The molecule has 2 aromatic carbocycles. The lowest BCUT2D eigenvalue weighted by atomic mass is 10.1. The number of aryl methyl sites for hydroxylation is 1. The van der Waals surface area contributed by atoms with Crippen molar-refractivity contribution >= 4 is 39.8 Å². The smallest absolute Gasteiger partial charge is 0.337 e. The Kier molecular flexibility index (Phi) is 5.10. The highest BCUT2D eigenvalue weighted by atomic mass is 32.1. The van der Waals surface area contributed by atoms with Crippen LogP contribution in [0, 0.1) is 6.92 Å². The molecule has 0 unspecified atom stereocenters. The first-order valence-electron chi connectivity index (χ1n) is 9.01. The number of hydrogen-bond donors (Lipinski definition) is 1. The van der Waals surface area contributed by atoms with Crippen LogP contribution in [0.15, 0.2) is 66.0 Å². The second-order valence-corrected chi connectivity index (χ2v) is 7.47. The Balaban J connectivity index is 1.77. The van der Waals surface area contributed by atoms with Crippen LogP contribution in [-0.4, -0.2) is 24.0 Å². The van der Waals surface area contributed by atoms with E-state index in [1.165, 1.54) is 7.11 Å². The van der Waals surface area contributed by atoms with Gasteiger partial charge in [0, 0.05) is 11.1 Å². The van der Waals surface area contributed by atoms with E-state index in [4.69, 9.17) is 9.72 Å². The molecule has 29 heavy (non-hydrogen) atoms. The number of fused-ring (bicyclic) bond motifs is 1. The van der Waals surface area contributed by atoms with Crippen molar-refractivity contribution < 1.29 is 14.3 Å². The molecule has 1 amide bonds. The fraction of sp³-hybridized carbons (Fsp3) is 0.0870. The Hall–Kier alpha value is -3.51. The van der Waals surface area contributed by atoms with Crippen molar-refractivity contribution in [2.75, 3.05) is 12.4 Å². The zero-order chi connectivity index (χ0) is 20.4. The van der Waals surface area contributed by atoms with E-state index >= 15 is 0 Å². The zero-order valence-electron chi connectivity index (χ0n) is 15.9. The van der Waals surface area contributed by atoms with Crippen LogP contribution < -0.4 is 5.32 Å². The number of nitrogens with zero attached hydrogens (tertiary/aromatic N) is 1. The van der Waals surface area contributed by atoms with Crippen LogP contribution in [-0.2, 0) is 4.74 Å². The predicted molar refractivity (Wildman–Crippen MR) is 116 cm³/mol. The molecule has 1 N–H and O–H groups in total. The lowest BCUT2D eigenvalue weighted by Gasteiger charge is -2.12. The summed E-state index contributed by atoms with van der Waals surface area (Å²) in [7, 11) is 1.33. The minimum Gasteiger partial charge on any atom is -0.465 e. The molecule has 4 rings (SSSR count). The number of nitrogens with one attached hydrogen (secondary N) is 1. The van der Waals surface area contributed by atoms with Gasteiger partial charge in [-0.15, -0.1) is 11.3 Å². The minimum atomic E-state index is -0.449. The van der Waals surface area contributed by atoms with Gasteiger partial charge in [-0.2, -0.15) is 0 Å². The molecule has 0 radical (unpaired) electrons. The maximum absolute atomic E-state index is 13.2. The summed E-state index contributed by atoms with van der Waals surface area (Å²) in [5.41, 5.74) is 3.83. The monoisotopic (exact) mass is 402 g/mol. The minimum absolute atomic E-state index is 0.258. The topological polar surface area (TPSA) is 68.3 Å². The van der Waals surface area contributed by atoms with E-state index < -0.39 is 5.97 Å². The van der Waals surface area contributed by atoms with Crippen LogP contribution in [0.2, 0.25) is 0 Å². The van der Waals surface area contributed by atoms with Crippen LogP contribution in [0.3, 0.4) is 0 Å². The third-order valence-corrected chi connectivity index (χ3v) is 5.53. The molecule has 0 bridgehead atoms. The average Bonchev–Trinajstić information content (AvgIpc) is 3.29. The Labute approximate surface area is 172 Å². The summed E-state index contributed by atoms with van der Waals surface area (Å²) >= 11 is 1.57. The van der Waals surface area contributed by atoms with Crippen molar-refractivity contribution in [1.82, 2.24) is 4.98 Å². The summed E-state index contributed by atoms with van der Waals surface area (Å²) in [4.78, 5) is 30.7. The third kappa shape index (κ3) is 3.75. The number of benzene rings is 2. The lowest BCUT2D eigenvalue weighted by molar-refractivity contribution is 0.0600. The molecule has 0 saturated heterocycles. The molecular formula is C23H18N2O3S. The molecule has 2 aromatic heterocycles. The van der Waals surface area contributed by atoms with E-state index in [0.29, 0.717) is 16.8 Å². The van der Waals surface area contributed by atoms with Gasteiger partial charge in [-0.3, -0.25) is 4.79 Å². The first-order valence-corrected chi connectivity index (χ1v) is 9.89. The number of pyridine rings is 1. The molecule has 0 atom stereocenters. The van der Waals surface area contributed by atoms with Crippen molar-refractivity contribution in [2.24, 2.45) is 0 Å². The van der Waals surface area contributed by atoms with Crippen LogP contribution in [0.5, 0.6) is 0 Å². The molecule has 0 aliphatic heterocycles. The number of esters is 1. The number of amides is 1. The third-order valence-electron chi connectivity index (χ3n) is 4.64. The fourth-order valence-corrected chi connectivity index (χ4v) is 3.79. The number of hydrogen-bond acceptors (Lipinski definition) is 5. The highest BCUT2D eigenvalue weighted by Crippen LogP contribution is 2.28. The number of carbonyl (C=O) groups excluding carboxylic acids is 2. The molecule has 5 nitrogen and oxygen atoms in total.